The second kappa shape index (κ2) is 6.74. The average Bonchev–Trinajstić information content (AvgIpc) is 2.42. The van der Waals surface area contributed by atoms with Gasteiger partial charge >= 0.3 is 11.7 Å². The minimum Gasteiger partial charge on any atom is -0.490 e. The van der Waals surface area contributed by atoms with Crippen molar-refractivity contribution in [3.8, 4) is 5.75 Å². The number of hydrogen-bond donors (Lipinski definition) is 2. The fourth-order valence-corrected chi connectivity index (χ4v) is 1.78. The molecule has 0 fully saturated rings. The van der Waals surface area contributed by atoms with Crippen LogP contribution in [0.25, 0.3) is 0 Å². The maximum absolute atomic E-state index is 11.2. The van der Waals surface area contributed by atoms with Gasteiger partial charge in [-0.25, -0.2) is 4.79 Å². The van der Waals surface area contributed by atoms with Crippen LogP contribution in [0.5, 0.6) is 5.75 Å². The molecular formula is C13H18N2O5. The summed E-state index contributed by atoms with van der Waals surface area (Å²) in [6, 6.07) is 3.43. The predicted molar refractivity (Wildman–Crippen MR) is 74.1 cm³/mol. The lowest BCUT2D eigenvalue weighted by molar-refractivity contribution is -0.385. The third kappa shape index (κ3) is 3.59. The minimum atomic E-state index is -0.961. The van der Waals surface area contributed by atoms with Crippen molar-refractivity contribution in [3.63, 3.8) is 0 Å². The highest BCUT2D eigenvalue weighted by atomic mass is 16.6. The van der Waals surface area contributed by atoms with Gasteiger partial charge in [-0.2, -0.15) is 0 Å². The Bertz CT molecular complexity index is 504. The molecule has 2 atom stereocenters. The van der Waals surface area contributed by atoms with Gasteiger partial charge in [-0.05, 0) is 12.0 Å². The van der Waals surface area contributed by atoms with Gasteiger partial charge in [-0.3, -0.25) is 10.1 Å². The normalized spacial score (nSPS) is 13.3. The van der Waals surface area contributed by atoms with Crippen LogP contribution in [0.2, 0.25) is 0 Å². The fourth-order valence-electron chi connectivity index (χ4n) is 1.78. The van der Waals surface area contributed by atoms with Crippen LogP contribution in [-0.2, 0) is 4.79 Å². The third-order valence-corrected chi connectivity index (χ3v) is 3.18. The molecule has 7 nitrogen and oxygen atoms in total. The van der Waals surface area contributed by atoms with E-state index in [-0.39, 0.29) is 17.4 Å². The van der Waals surface area contributed by atoms with Crippen molar-refractivity contribution in [2.75, 3.05) is 12.4 Å². The Hall–Kier alpha value is -2.31. The highest BCUT2D eigenvalue weighted by Gasteiger charge is 2.24. The number of nitro benzene ring substituents is 1. The molecule has 1 rings (SSSR count). The second-order valence-corrected chi connectivity index (χ2v) is 4.49. The molecule has 1 aromatic carbocycles. The number of methoxy groups -OCH3 is 1. The summed E-state index contributed by atoms with van der Waals surface area (Å²) in [6.07, 6.45) is 0.702. The van der Waals surface area contributed by atoms with Gasteiger partial charge in [0.1, 0.15) is 6.04 Å². The molecule has 0 aromatic heterocycles. The van der Waals surface area contributed by atoms with Crippen LogP contribution in [0, 0.1) is 16.0 Å². The molecule has 0 aliphatic heterocycles. The van der Waals surface area contributed by atoms with Crippen LogP contribution in [0.4, 0.5) is 11.4 Å². The molecule has 2 N–H and O–H groups in total. The van der Waals surface area contributed by atoms with Gasteiger partial charge in [0.05, 0.1) is 12.0 Å². The van der Waals surface area contributed by atoms with Gasteiger partial charge in [0, 0.05) is 17.8 Å². The molecule has 7 heteroatoms. The van der Waals surface area contributed by atoms with Crippen LogP contribution in [0.1, 0.15) is 20.3 Å². The molecule has 0 radical (unpaired) electrons. The predicted octanol–water partition coefficient (Wildman–Crippen LogP) is 2.51. The largest absolute Gasteiger partial charge is 0.490 e. The number of carboxylic acids is 1. The SMILES string of the molecule is CC[C@H](C)[C@H](Nc1ccc([N+](=O)[O-])c(OC)c1)C(=O)O. The van der Waals surface area contributed by atoms with Gasteiger partial charge in [0.15, 0.2) is 5.75 Å². The van der Waals surface area contributed by atoms with Gasteiger partial charge in [-0.1, -0.05) is 20.3 Å². The number of nitro groups is 1. The van der Waals surface area contributed by atoms with Crippen LogP contribution in [0.3, 0.4) is 0 Å². The fraction of sp³-hybridized carbons (Fsp3) is 0.462. The molecular weight excluding hydrogens is 264 g/mol. The first-order chi connectivity index (χ1) is 9.40. The smallest absolute Gasteiger partial charge is 0.326 e. The van der Waals surface area contributed by atoms with Crippen molar-refractivity contribution >= 4 is 17.3 Å². The maximum atomic E-state index is 11.2. The minimum absolute atomic E-state index is 0.0753. The number of nitrogens with one attached hydrogen (secondary N) is 1. The van der Waals surface area contributed by atoms with Crippen LogP contribution in [-0.4, -0.2) is 29.2 Å². The van der Waals surface area contributed by atoms with E-state index in [0.29, 0.717) is 12.1 Å². The van der Waals surface area contributed by atoms with E-state index in [2.05, 4.69) is 5.32 Å². The lowest BCUT2D eigenvalue weighted by Crippen LogP contribution is -2.35. The van der Waals surface area contributed by atoms with Crippen molar-refractivity contribution < 1.29 is 19.6 Å². The molecule has 0 aliphatic carbocycles. The summed E-state index contributed by atoms with van der Waals surface area (Å²) in [7, 11) is 1.33. The molecule has 0 unspecified atom stereocenters. The summed E-state index contributed by atoms with van der Waals surface area (Å²) in [5, 5.41) is 22.9. The van der Waals surface area contributed by atoms with Gasteiger partial charge in [0.25, 0.3) is 0 Å². The number of carboxylic acid groups (broad SMARTS) is 1. The molecule has 0 saturated carbocycles. The van der Waals surface area contributed by atoms with Gasteiger partial charge < -0.3 is 15.2 Å². The van der Waals surface area contributed by atoms with Crippen molar-refractivity contribution in [2.24, 2.45) is 5.92 Å². The van der Waals surface area contributed by atoms with Crippen LogP contribution < -0.4 is 10.1 Å². The van der Waals surface area contributed by atoms with E-state index < -0.39 is 16.9 Å². The summed E-state index contributed by atoms with van der Waals surface area (Å²) in [6.45, 7) is 3.73. The molecule has 0 saturated heterocycles. The van der Waals surface area contributed by atoms with Gasteiger partial charge in [0.2, 0.25) is 0 Å². The number of anilines is 1. The monoisotopic (exact) mass is 282 g/mol. The number of rotatable bonds is 7. The van der Waals surface area contributed by atoms with E-state index in [0.717, 1.165) is 0 Å². The van der Waals surface area contributed by atoms with E-state index in [4.69, 9.17) is 4.74 Å². The Balaban J connectivity index is 3.02. The first kappa shape index (κ1) is 15.7. The summed E-state index contributed by atoms with van der Waals surface area (Å²) in [4.78, 5) is 21.5. The Labute approximate surface area is 116 Å². The summed E-state index contributed by atoms with van der Waals surface area (Å²) < 4.78 is 4.95. The van der Waals surface area contributed by atoms with E-state index in [1.165, 1.54) is 25.3 Å². The van der Waals surface area contributed by atoms with E-state index in [1.807, 2.05) is 13.8 Å². The molecule has 0 aliphatic rings. The topological polar surface area (TPSA) is 102 Å². The molecule has 110 valence electrons. The molecule has 0 bridgehead atoms. The zero-order valence-electron chi connectivity index (χ0n) is 11.6. The number of aliphatic carboxylic acids is 1. The van der Waals surface area contributed by atoms with Crippen LogP contribution in [0.15, 0.2) is 18.2 Å². The first-order valence-corrected chi connectivity index (χ1v) is 6.22. The van der Waals surface area contributed by atoms with Crippen molar-refractivity contribution in [1.29, 1.82) is 0 Å². The lowest BCUT2D eigenvalue weighted by Gasteiger charge is -2.21. The third-order valence-electron chi connectivity index (χ3n) is 3.18. The Kier molecular flexibility index (Phi) is 5.31. The van der Waals surface area contributed by atoms with E-state index in [9.17, 15) is 20.0 Å². The lowest BCUT2D eigenvalue weighted by atomic mass is 9.99. The van der Waals surface area contributed by atoms with E-state index >= 15 is 0 Å². The number of hydrogen-bond acceptors (Lipinski definition) is 5. The maximum Gasteiger partial charge on any atom is 0.326 e. The van der Waals surface area contributed by atoms with Crippen molar-refractivity contribution in [1.82, 2.24) is 0 Å². The highest BCUT2D eigenvalue weighted by molar-refractivity contribution is 5.78. The average molecular weight is 282 g/mol. The molecule has 0 amide bonds. The summed E-state index contributed by atoms with van der Waals surface area (Å²) in [5.41, 5.74) is 0.314. The van der Waals surface area contributed by atoms with Crippen molar-refractivity contribution in [2.45, 2.75) is 26.3 Å². The Morgan fingerprint density at radius 1 is 1.55 bits per heavy atom. The van der Waals surface area contributed by atoms with Crippen molar-refractivity contribution in [3.05, 3.63) is 28.3 Å². The summed E-state index contributed by atoms with van der Waals surface area (Å²) >= 11 is 0. The zero-order chi connectivity index (χ0) is 15.3. The molecule has 1 aromatic rings. The number of nitrogens with zero attached hydrogens (tertiary/aromatic N) is 1. The number of ether oxygens (including phenoxy) is 1. The first-order valence-electron chi connectivity index (χ1n) is 6.22. The zero-order valence-corrected chi connectivity index (χ0v) is 11.6. The number of benzene rings is 1. The van der Waals surface area contributed by atoms with E-state index in [1.54, 1.807) is 0 Å². The quantitative estimate of drug-likeness (QED) is 0.588. The highest BCUT2D eigenvalue weighted by Crippen LogP contribution is 2.30. The Morgan fingerprint density at radius 2 is 2.20 bits per heavy atom. The number of carbonyl (C=O) groups is 1. The van der Waals surface area contributed by atoms with Gasteiger partial charge in [-0.15, -0.1) is 0 Å². The van der Waals surface area contributed by atoms with Crippen LogP contribution >= 0.6 is 0 Å². The molecule has 0 heterocycles. The molecule has 0 spiro atoms. The molecule has 20 heavy (non-hydrogen) atoms. The standard InChI is InChI=1S/C13H18N2O5/c1-4-8(2)12(13(16)17)14-9-5-6-10(15(18)19)11(7-9)20-3/h5-8,12,14H,4H2,1-3H3,(H,16,17)/t8-,12-/m0/s1. The second-order valence-electron chi connectivity index (χ2n) is 4.49. The summed E-state index contributed by atoms with van der Waals surface area (Å²) in [5.74, 6) is -0.946. The Morgan fingerprint density at radius 3 is 2.65 bits per heavy atom.